The Balaban J connectivity index is 2.08. The predicted molar refractivity (Wildman–Crippen MR) is 82.4 cm³/mol. The van der Waals surface area contributed by atoms with Gasteiger partial charge >= 0.3 is 0 Å². The minimum atomic E-state index is 0.345. The molecule has 1 N–H and O–H groups in total. The first-order valence-corrected chi connectivity index (χ1v) is 7.69. The third kappa shape index (κ3) is 4.07. The molecule has 20 heavy (non-hydrogen) atoms. The Morgan fingerprint density at radius 1 is 1.40 bits per heavy atom. The van der Waals surface area contributed by atoms with Crippen LogP contribution in [0.3, 0.4) is 0 Å². The second-order valence-corrected chi connectivity index (χ2v) is 5.26. The molecule has 1 aliphatic rings. The molecule has 0 radical (unpaired) electrons. The molecule has 0 aromatic carbocycles. The zero-order chi connectivity index (χ0) is 14.4. The molecule has 1 aromatic rings. The topological polar surface area (TPSA) is 50.3 Å². The van der Waals surface area contributed by atoms with Gasteiger partial charge in [0.2, 0.25) is 0 Å². The summed E-state index contributed by atoms with van der Waals surface area (Å²) < 4.78 is 5.73. The highest BCUT2D eigenvalue weighted by Gasteiger charge is 2.19. The Kier molecular flexibility index (Phi) is 5.59. The van der Waals surface area contributed by atoms with Crippen molar-refractivity contribution in [2.75, 3.05) is 36.5 Å². The maximum atomic E-state index is 5.73. The van der Waals surface area contributed by atoms with Crippen LogP contribution in [0.2, 0.25) is 0 Å². The average Bonchev–Trinajstić information content (AvgIpc) is 2.95. The molecular formula is C15H26N4O. The summed E-state index contributed by atoms with van der Waals surface area (Å²) in [4.78, 5) is 11.3. The lowest BCUT2D eigenvalue weighted by Crippen LogP contribution is -2.33. The Morgan fingerprint density at radius 3 is 2.90 bits per heavy atom. The van der Waals surface area contributed by atoms with Gasteiger partial charge in [-0.3, -0.25) is 0 Å². The monoisotopic (exact) mass is 278 g/mol. The molecular weight excluding hydrogens is 252 g/mol. The Hall–Kier alpha value is -1.36. The second-order valence-electron chi connectivity index (χ2n) is 5.26. The van der Waals surface area contributed by atoms with E-state index in [9.17, 15) is 0 Å². The van der Waals surface area contributed by atoms with Gasteiger partial charge in [0.25, 0.3) is 0 Å². The van der Waals surface area contributed by atoms with Crippen molar-refractivity contribution in [3.8, 4) is 0 Å². The van der Waals surface area contributed by atoms with E-state index in [-0.39, 0.29) is 0 Å². The average molecular weight is 278 g/mol. The van der Waals surface area contributed by atoms with Crippen LogP contribution in [0.5, 0.6) is 0 Å². The van der Waals surface area contributed by atoms with E-state index >= 15 is 0 Å². The van der Waals surface area contributed by atoms with Gasteiger partial charge in [-0.1, -0.05) is 6.92 Å². The van der Waals surface area contributed by atoms with Crippen LogP contribution in [-0.2, 0) is 4.74 Å². The van der Waals surface area contributed by atoms with Gasteiger partial charge in [0.05, 0.1) is 6.10 Å². The third-order valence-electron chi connectivity index (χ3n) is 3.53. The van der Waals surface area contributed by atoms with E-state index in [1.54, 1.807) is 0 Å². The Morgan fingerprint density at radius 2 is 2.25 bits per heavy atom. The molecule has 0 amide bonds. The number of hydrogen-bond acceptors (Lipinski definition) is 5. The fraction of sp³-hybridized carbons (Fsp3) is 0.733. The van der Waals surface area contributed by atoms with Crippen molar-refractivity contribution < 1.29 is 4.74 Å². The summed E-state index contributed by atoms with van der Waals surface area (Å²) in [5.74, 6) is 2.72. The third-order valence-corrected chi connectivity index (χ3v) is 3.53. The Labute approximate surface area is 121 Å². The molecule has 112 valence electrons. The largest absolute Gasteiger partial charge is 0.376 e. The normalized spacial score (nSPS) is 18.2. The van der Waals surface area contributed by atoms with Crippen molar-refractivity contribution in [3.05, 3.63) is 11.9 Å². The molecule has 0 saturated carbocycles. The summed E-state index contributed by atoms with van der Waals surface area (Å²) in [5.41, 5.74) is 0. The highest BCUT2D eigenvalue weighted by Crippen LogP contribution is 2.19. The molecule has 1 fully saturated rings. The summed E-state index contributed by atoms with van der Waals surface area (Å²) in [7, 11) is 0. The smallest absolute Gasteiger partial charge is 0.134 e. The molecule has 2 rings (SSSR count). The molecule has 1 aliphatic heterocycles. The van der Waals surface area contributed by atoms with Crippen LogP contribution in [0.25, 0.3) is 0 Å². The molecule has 5 heteroatoms. The van der Waals surface area contributed by atoms with Crippen molar-refractivity contribution >= 4 is 11.6 Å². The number of nitrogens with zero attached hydrogens (tertiary/aromatic N) is 3. The van der Waals surface area contributed by atoms with Crippen molar-refractivity contribution in [2.24, 2.45) is 0 Å². The van der Waals surface area contributed by atoms with Crippen LogP contribution in [0.4, 0.5) is 11.6 Å². The number of ether oxygens (including phenoxy) is 1. The molecule has 1 saturated heterocycles. The van der Waals surface area contributed by atoms with Gasteiger partial charge in [0, 0.05) is 32.3 Å². The van der Waals surface area contributed by atoms with E-state index in [0.717, 1.165) is 56.5 Å². The van der Waals surface area contributed by atoms with Crippen molar-refractivity contribution in [1.82, 2.24) is 9.97 Å². The summed E-state index contributed by atoms with van der Waals surface area (Å²) in [6.45, 7) is 9.94. The molecule has 2 heterocycles. The fourth-order valence-corrected chi connectivity index (χ4v) is 2.48. The van der Waals surface area contributed by atoms with Gasteiger partial charge in [0.15, 0.2) is 0 Å². The Bertz CT molecular complexity index is 418. The molecule has 0 spiro atoms. The second kappa shape index (κ2) is 7.43. The number of likely N-dealkylation sites (N-methyl/N-ethyl adjacent to an activating group) is 1. The molecule has 1 aromatic heterocycles. The maximum absolute atomic E-state index is 5.73. The summed E-state index contributed by atoms with van der Waals surface area (Å²) in [6.07, 6.45) is 3.76. The highest BCUT2D eigenvalue weighted by molar-refractivity contribution is 5.49. The van der Waals surface area contributed by atoms with Crippen molar-refractivity contribution in [2.45, 2.75) is 46.1 Å². The van der Waals surface area contributed by atoms with E-state index < -0.39 is 0 Å². The zero-order valence-corrected chi connectivity index (χ0v) is 12.9. The van der Waals surface area contributed by atoms with E-state index in [1.165, 1.54) is 6.42 Å². The van der Waals surface area contributed by atoms with Crippen molar-refractivity contribution in [1.29, 1.82) is 0 Å². The summed E-state index contributed by atoms with van der Waals surface area (Å²) in [5, 5.41) is 3.34. The van der Waals surface area contributed by atoms with Gasteiger partial charge in [-0.15, -0.1) is 0 Å². The summed E-state index contributed by atoms with van der Waals surface area (Å²) in [6, 6.07) is 2.04. The number of aromatic nitrogens is 2. The number of rotatable bonds is 7. The lowest BCUT2D eigenvalue weighted by Gasteiger charge is -2.25. The standard InChI is InChI=1S/C15H26N4O/c1-4-8-16-14-10-15(18-12(3)17-14)19(5-2)11-13-7-6-9-20-13/h10,13H,4-9,11H2,1-3H3,(H,16,17,18). The highest BCUT2D eigenvalue weighted by atomic mass is 16.5. The van der Waals surface area contributed by atoms with Crippen LogP contribution in [-0.4, -0.2) is 42.3 Å². The minimum Gasteiger partial charge on any atom is -0.376 e. The predicted octanol–water partition coefficient (Wildman–Crippen LogP) is 2.61. The first-order chi connectivity index (χ1) is 9.72. The van der Waals surface area contributed by atoms with Crippen molar-refractivity contribution in [3.63, 3.8) is 0 Å². The zero-order valence-electron chi connectivity index (χ0n) is 12.9. The van der Waals surface area contributed by atoms with Crippen LogP contribution in [0.15, 0.2) is 6.07 Å². The summed E-state index contributed by atoms with van der Waals surface area (Å²) >= 11 is 0. The molecule has 1 atom stereocenters. The number of aryl methyl sites for hydroxylation is 1. The van der Waals surface area contributed by atoms with E-state index in [1.807, 2.05) is 13.0 Å². The first kappa shape index (κ1) is 15.0. The van der Waals surface area contributed by atoms with E-state index in [4.69, 9.17) is 4.74 Å². The SMILES string of the molecule is CCCNc1cc(N(CC)CC2CCCO2)nc(C)n1. The molecule has 5 nitrogen and oxygen atoms in total. The number of nitrogens with one attached hydrogen (secondary N) is 1. The quantitative estimate of drug-likeness (QED) is 0.831. The van der Waals surface area contributed by atoms with Gasteiger partial charge in [-0.2, -0.15) is 0 Å². The molecule has 0 aliphatic carbocycles. The first-order valence-electron chi connectivity index (χ1n) is 7.69. The van der Waals surface area contributed by atoms with Crippen LogP contribution in [0, 0.1) is 6.92 Å². The lowest BCUT2D eigenvalue weighted by molar-refractivity contribution is 0.115. The van der Waals surface area contributed by atoms with Crippen LogP contribution in [0.1, 0.15) is 38.9 Å². The maximum Gasteiger partial charge on any atom is 0.134 e. The lowest BCUT2D eigenvalue weighted by atomic mass is 10.2. The van der Waals surface area contributed by atoms with E-state index in [0.29, 0.717) is 6.10 Å². The minimum absolute atomic E-state index is 0.345. The van der Waals surface area contributed by atoms with E-state index in [2.05, 4.69) is 34.0 Å². The van der Waals surface area contributed by atoms with Crippen LogP contribution >= 0.6 is 0 Å². The number of anilines is 2. The van der Waals surface area contributed by atoms with Gasteiger partial charge in [-0.05, 0) is 33.1 Å². The van der Waals surface area contributed by atoms with Crippen LogP contribution < -0.4 is 10.2 Å². The van der Waals surface area contributed by atoms with Gasteiger partial charge < -0.3 is 15.0 Å². The number of hydrogen-bond donors (Lipinski definition) is 1. The molecule has 1 unspecified atom stereocenters. The van der Waals surface area contributed by atoms with Gasteiger partial charge in [0.1, 0.15) is 17.5 Å². The fourth-order valence-electron chi connectivity index (χ4n) is 2.48. The molecule has 0 bridgehead atoms. The van der Waals surface area contributed by atoms with Gasteiger partial charge in [-0.25, -0.2) is 9.97 Å².